The summed E-state index contributed by atoms with van der Waals surface area (Å²) in [6, 6.07) is 7.82. The number of piperidine rings is 1. The summed E-state index contributed by atoms with van der Waals surface area (Å²) in [6.07, 6.45) is 8.44. The molecule has 5 aliphatic rings. The predicted molar refractivity (Wildman–Crippen MR) is 123 cm³/mol. The number of nitrogens with zero attached hydrogens (tertiary/aromatic N) is 1. The van der Waals surface area contributed by atoms with Gasteiger partial charge in [0, 0.05) is 13.2 Å². The number of hydrogen-bond acceptors (Lipinski definition) is 5. The number of benzene rings is 1. The van der Waals surface area contributed by atoms with E-state index >= 15 is 0 Å². The Morgan fingerprint density at radius 3 is 2.64 bits per heavy atom. The maximum atomic E-state index is 13.3. The molecule has 7 nitrogen and oxygen atoms in total. The molecule has 33 heavy (non-hydrogen) atoms. The van der Waals surface area contributed by atoms with Crippen molar-refractivity contribution < 1.29 is 23.8 Å². The molecule has 1 saturated carbocycles. The van der Waals surface area contributed by atoms with Crippen molar-refractivity contribution in [2.24, 2.45) is 0 Å². The number of carbonyl (C=O) groups excluding carboxylic acids is 2. The van der Waals surface area contributed by atoms with Crippen LogP contribution in [0.25, 0.3) is 0 Å². The van der Waals surface area contributed by atoms with Gasteiger partial charge in [0.2, 0.25) is 5.91 Å². The van der Waals surface area contributed by atoms with Gasteiger partial charge in [-0.1, -0.05) is 18.2 Å². The number of rotatable bonds is 2. The molecule has 0 unspecified atom stereocenters. The third kappa shape index (κ3) is 5.19. The normalized spacial score (nSPS) is 32.9. The van der Waals surface area contributed by atoms with Gasteiger partial charge in [0.25, 0.3) is 5.91 Å². The minimum atomic E-state index is -0.379. The molecule has 1 aliphatic carbocycles. The highest BCUT2D eigenvalue weighted by molar-refractivity contribution is 5.82. The molecule has 3 atom stereocenters. The monoisotopic (exact) mass is 456 g/mol. The van der Waals surface area contributed by atoms with Gasteiger partial charge in [-0.2, -0.15) is 0 Å². The van der Waals surface area contributed by atoms with Gasteiger partial charge in [-0.05, 0) is 75.3 Å². The molecule has 4 aliphatic heterocycles. The van der Waals surface area contributed by atoms with Gasteiger partial charge < -0.3 is 24.4 Å². The van der Waals surface area contributed by atoms with Gasteiger partial charge in [-0.25, -0.2) is 0 Å². The van der Waals surface area contributed by atoms with Crippen molar-refractivity contribution in [2.75, 3.05) is 26.4 Å². The summed E-state index contributed by atoms with van der Waals surface area (Å²) in [5.41, 5.74) is 1.20. The molecule has 4 heterocycles. The third-order valence-electron chi connectivity index (χ3n) is 7.79. The first-order valence-corrected chi connectivity index (χ1v) is 12.7. The van der Waals surface area contributed by atoms with E-state index in [0.717, 1.165) is 63.5 Å². The van der Waals surface area contributed by atoms with Crippen LogP contribution in [0.1, 0.15) is 69.3 Å². The molecule has 6 rings (SSSR count). The van der Waals surface area contributed by atoms with Gasteiger partial charge in [-0.3, -0.25) is 9.59 Å². The molecule has 2 saturated heterocycles. The lowest BCUT2D eigenvalue weighted by Crippen LogP contribution is -2.61. The lowest BCUT2D eigenvalue weighted by Gasteiger charge is -2.42. The van der Waals surface area contributed by atoms with Crippen LogP contribution in [0, 0.1) is 0 Å². The van der Waals surface area contributed by atoms with Gasteiger partial charge >= 0.3 is 0 Å². The van der Waals surface area contributed by atoms with E-state index in [9.17, 15) is 9.59 Å². The summed E-state index contributed by atoms with van der Waals surface area (Å²) >= 11 is 0. The number of hydrogen-bond donors (Lipinski definition) is 1. The summed E-state index contributed by atoms with van der Waals surface area (Å²) in [4.78, 5) is 28.1. The van der Waals surface area contributed by atoms with Gasteiger partial charge in [0.05, 0.1) is 24.8 Å². The zero-order valence-corrected chi connectivity index (χ0v) is 19.4. The summed E-state index contributed by atoms with van der Waals surface area (Å²) in [6.45, 7) is 1.76. The highest BCUT2D eigenvalue weighted by atomic mass is 16.5. The zero-order chi connectivity index (χ0) is 22.6. The van der Waals surface area contributed by atoms with Crippen LogP contribution in [0.15, 0.2) is 24.3 Å². The summed E-state index contributed by atoms with van der Waals surface area (Å²) in [5, 5.41) is 3.21. The molecular weight excluding hydrogens is 420 g/mol. The van der Waals surface area contributed by atoms with Gasteiger partial charge in [0.15, 0.2) is 6.61 Å². The summed E-state index contributed by atoms with van der Waals surface area (Å²) in [7, 11) is 0. The van der Waals surface area contributed by atoms with Crippen molar-refractivity contribution >= 4 is 11.8 Å². The lowest BCUT2D eigenvalue weighted by atomic mass is 9.82. The van der Waals surface area contributed by atoms with Crippen LogP contribution in [-0.2, 0) is 19.1 Å². The quantitative estimate of drug-likeness (QED) is 0.740. The molecule has 0 radical (unpaired) electrons. The van der Waals surface area contributed by atoms with Gasteiger partial charge in [-0.15, -0.1) is 0 Å². The second kappa shape index (κ2) is 10.4. The average molecular weight is 457 g/mol. The van der Waals surface area contributed by atoms with E-state index < -0.39 is 0 Å². The van der Waals surface area contributed by atoms with Crippen LogP contribution in [-0.4, -0.2) is 67.4 Å². The molecule has 7 heteroatoms. The van der Waals surface area contributed by atoms with E-state index in [2.05, 4.69) is 17.4 Å². The fourth-order valence-corrected chi connectivity index (χ4v) is 5.91. The number of para-hydroxylation sites is 1. The molecule has 180 valence electrons. The lowest BCUT2D eigenvalue weighted by molar-refractivity contribution is -0.144. The Balaban J connectivity index is 1.34. The van der Waals surface area contributed by atoms with E-state index in [1.807, 2.05) is 17.0 Å². The Bertz CT molecular complexity index is 832. The van der Waals surface area contributed by atoms with Crippen LogP contribution in [0.5, 0.6) is 5.75 Å². The minimum Gasteiger partial charge on any atom is -0.483 e. The third-order valence-corrected chi connectivity index (χ3v) is 7.79. The maximum absolute atomic E-state index is 13.3. The van der Waals surface area contributed by atoms with Gasteiger partial charge in [0.1, 0.15) is 11.9 Å². The highest BCUT2D eigenvalue weighted by Crippen LogP contribution is 2.38. The first-order chi connectivity index (χ1) is 16.2. The molecule has 0 spiro atoms. The number of carbonyl (C=O) groups is 2. The Labute approximate surface area is 196 Å². The van der Waals surface area contributed by atoms with Crippen LogP contribution >= 0.6 is 0 Å². The number of amides is 2. The van der Waals surface area contributed by atoms with E-state index in [1.54, 1.807) is 0 Å². The van der Waals surface area contributed by atoms with Crippen LogP contribution in [0.2, 0.25) is 0 Å². The first kappa shape index (κ1) is 22.7. The largest absolute Gasteiger partial charge is 0.483 e. The molecule has 1 N–H and O–H groups in total. The second-order valence-corrected chi connectivity index (χ2v) is 9.90. The number of fused-ring (bicyclic) bond motifs is 5. The van der Waals surface area contributed by atoms with E-state index in [1.165, 1.54) is 5.56 Å². The molecule has 2 bridgehead atoms. The van der Waals surface area contributed by atoms with E-state index in [-0.39, 0.29) is 42.7 Å². The standard InChI is InChI=1S/C26H36N2O5/c29-25-17-33-23-8-2-1-6-20(23)18-10-12-19(13-11-18)32-16-22-21(7-5-14-28(22)25)27-26(30)24-9-3-4-15-31-24/h1-2,6,8,18-19,21-22,24H,3-5,7,9-17H2,(H,27,30)/t18?,19?,21-,22-,24-/m0/s1. The van der Waals surface area contributed by atoms with Crippen molar-refractivity contribution in [3.63, 3.8) is 0 Å². The van der Waals surface area contributed by atoms with E-state index in [4.69, 9.17) is 14.2 Å². The predicted octanol–water partition coefficient (Wildman–Crippen LogP) is 3.17. The SMILES string of the molecule is O=C(N[C@H]1CCCN2C(=O)COc3ccccc3C3CCC(CC3)OC[C@@H]12)[C@@H]1CCCCO1. The molecule has 0 aromatic heterocycles. The first-order valence-electron chi connectivity index (χ1n) is 12.7. The van der Waals surface area contributed by atoms with Crippen molar-refractivity contribution in [1.82, 2.24) is 10.2 Å². The Hall–Kier alpha value is -2.12. The van der Waals surface area contributed by atoms with Crippen LogP contribution in [0.4, 0.5) is 0 Å². The average Bonchev–Trinajstić information content (AvgIpc) is 2.88. The fourth-order valence-electron chi connectivity index (χ4n) is 5.91. The summed E-state index contributed by atoms with van der Waals surface area (Å²) in [5.74, 6) is 1.17. The topological polar surface area (TPSA) is 77.1 Å². The van der Waals surface area contributed by atoms with Crippen molar-refractivity contribution in [2.45, 2.75) is 88.0 Å². The maximum Gasteiger partial charge on any atom is 0.260 e. The molecule has 2 amide bonds. The van der Waals surface area contributed by atoms with E-state index in [0.29, 0.717) is 25.7 Å². The van der Waals surface area contributed by atoms with Crippen LogP contribution < -0.4 is 10.1 Å². The Kier molecular flexibility index (Phi) is 7.16. The Morgan fingerprint density at radius 1 is 0.970 bits per heavy atom. The molecule has 1 aromatic rings. The number of nitrogens with one attached hydrogen (secondary N) is 1. The summed E-state index contributed by atoms with van der Waals surface area (Å²) < 4.78 is 18.2. The number of ether oxygens (including phenoxy) is 3. The molecule has 1 aromatic carbocycles. The second-order valence-electron chi connectivity index (χ2n) is 9.90. The molecule has 3 fully saturated rings. The molecular formula is C26H36N2O5. The van der Waals surface area contributed by atoms with Crippen molar-refractivity contribution in [3.8, 4) is 5.75 Å². The minimum absolute atomic E-state index is 0.00998. The van der Waals surface area contributed by atoms with Crippen molar-refractivity contribution in [1.29, 1.82) is 0 Å². The fraction of sp³-hybridized carbons (Fsp3) is 0.692. The van der Waals surface area contributed by atoms with Crippen molar-refractivity contribution in [3.05, 3.63) is 29.8 Å². The smallest absolute Gasteiger partial charge is 0.260 e. The highest BCUT2D eigenvalue weighted by Gasteiger charge is 2.38. The van der Waals surface area contributed by atoms with Crippen LogP contribution in [0.3, 0.4) is 0 Å². The zero-order valence-electron chi connectivity index (χ0n) is 19.4. The Morgan fingerprint density at radius 2 is 1.82 bits per heavy atom.